The molecule has 110 valence electrons. The summed E-state index contributed by atoms with van der Waals surface area (Å²) in [5.41, 5.74) is 2.49. The normalized spacial score (nSPS) is 11.1. The Hall–Kier alpha value is -2.15. The molecule has 0 bridgehead atoms. The Labute approximate surface area is 117 Å². The van der Waals surface area contributed by atoms with Crippen molar-refractivity contribution < 1.29 is 14.5 Å². The lowest BCUT2D eigenvalue weighted by Crippen LogP contribution is -2.44. The van der Waals surface area contributed by atoms with Crippen molar-refractivity contribution in [3.8, 4) is 5.75 Å². The minimum absolute atomic E-state index is 0.0498. The number of nitrogens with one attached hydrogen (secondary N) is 1. The molecule has 0 aromatic heterocycles. The van der Waals surface area contributed by atoms with E-state index in [1.165, 1.54) is 6.07 Å². The van der Waals surface area contributed by atoms with Crippen LogP contribution in [0.2, 0.25) is 0 Å². The average Bonchev–Trinajstić information content (AvgIpc) is 2.37. The summed E-state index contributed by atoms with van der Waals surface area (Å²) in [7, 11) is 0. The minimum Gasteiger partial charge on any atom is -0.492 e. The molecule has 0 aliphatic carbocycles. The van der Waals surface area contributed by atoms with Gasteiger partial charge in [-0.3, -0.25) is 20.3 Å². The predicted octanol–water partition coefficient (Wildman–Crippen LogP) is 1.61. The predicted molar refractivity (Wildman–Crippen MR) is 74.2 cm³/mol. The summed E-state index contributed by atoms with van der Waals surface area (Å²) in [4.78, 5) is 21.9. The Bertz CT molecular complexity index is 541. The molecule has 1 aromatic carbocycles. The van der Waals surface area contributed by atoms with Gasteiger partial charge in [0.2, 0.25) is 5.91 Å². The lowest BCUT2D eigenvalue weighted by Gasteiger charge is -2.23. The van der Waals surface area contributed by atoms with E-state index in [4.69, 9.17) is 10.6 Å². The topological polar surface area (TPSA) is 107 Å². The zero-order chi connectivity index (χ0) is 15.5. The van der Waals surface area contributed by atoms with Gasteiger partial charge in [-0.1, -0.05) is 0 Å². The lowest BCUT2D eigenvalue weighted by molar-refractivity contribution is -0.385. The molecule has 0 saturated heterocycles. The molecule has 0 unspecified atom stereocenters. The summed E-state index contributed by atoms with van der Waals surface area (Å²) < 4.78 is 5.60. The minimum atomic E-state index is -0.795. The monoisotopic (exact) mass is 281 g/mol. The second kappa shape index (κ2) is 5.87. The molecule has 3 N–H and O–H groups in total. The van der Waals surface area contributed by atoms with Crippen molar-refractivity contribution in [3.05, 3.63) is 33.4 Å². The maximum atomic E-state index is 11.5. The van der Waals surface area contributed by atoms with Crippen LogP contribution >= 0.6 is 0 Å². The smallest absolute Gasteiger partial charge is 0.272 e. The molecule has 0 aliphatic heterocycles. The number of nitrogens with zero attached hydrogens (tertiary/aromatic N) is 1. The van der Waals surface area contributed by atoms with Gasteiger partial charge in [0.25, 0.3) is 5.69 Å². The summed E-state index contributed by atoms with van der Waals surface area (Å²) >= 11 is 0. The van der Waals surface area contributed by atoms with Crippen LogP contribution in [0.1, 0.15) is 25.0 Å². The molecule has 0 radical (unpaired) electrons. The van der Waals surface area contributed by atoms with Crippen molar-refractivity contribution in [3.63, 3.8) is 0 Å². The molecule has 1 amide bonds. The molecular formula is C13H19N3O4. The highest BCUT2D eigenvalue weighted by Crippen LogP contribution is 2.29. The molecule has 1 aromatic rings. The van der Waals surface area contributed by atoms with Crippen LogP contribution in [-0.2, 0) is 4.79 Å². The summed E-state index contributed by atoms with van der Waals surface area (Å²) in [5.74, 6) is 5.28. The fraction of sp³-hybridized carbons (Fsp3) is 0.462. The fourth-order valence-corrected chi connectivity index (χ4v) is 1.65. The van der Waals surface area contributed by atoms with Crippen molar-refractivity contribution in [2.24, 2.45) is 11.3 Å². The van der Waals surface area contributed by atoms with Crippen molar-refractivity contribution in [2.45, 2.75) is 27.7 Å². The van der Waals surface area contributed by atoms with Crippen LogP contribution in [0.4, 0.5) is 5.69 Å². The SMILES string of the molecule is Cc1cc([N+](=O)[O-])c(C)cc1OCC(C)(C)C(=O)NN. The standard InChI is InChI=1S/C13H19N3O4/c1-8-6-11(9(2)5-10(8)16(18)19)20-7-13(3,4)12(17)15-14/h5-6H,7,14H2,1-4H3,(H,15,17). The highest BCUT2D eigenvalue weighted by Gasteiger charge is 2.28. The van der Waals surface area contributed by atoms with Crippen LogP contribution < -0.4 is 16.0 Å². The number of hydrogen-bond donors (Lipinski definition) is 2. The molecule has 0 atom stereocenters. The van der Waals surface area contributed by atoms with Gasteiger partial charge in [-0.25, -0.2) is 5.84 Å². The van der Waals surface area contributed by atoms with Gasteiger partial charge >= 0.3 is 0 Å². The number of rotatable bonds is 5. The third-order valence-corrected chi connectivity index (χ3v) is 3.02. The number of nitro benzene ring substituents is 1. The van der Waals surface area contributed by atoms with Gasteiger partial charge < -0.3 is 4.74 Å². The van der Waals surface area contributed by atoms with E-state index in [1.807, 2.05) is 0 Å². The zero-order valence-electron chi connectivity index (χ0n) is 12.0. The Kier molecular flexibility index (Phi) is 4.67. The summed E-state index contributed by atoms with van der Waals surface area (Å²) in [6, 6.07) is 3.06. The summed E-state index contributed by atoms with van der Waals surface area (Å²) in [6.07, 6.45) is 0. The Morgan fingerprint density at radius 2 is 2.00 bits per heavy atom. The number of carbonyl (C=O) groups is 1. The van der Waals surface area contributed by atoms with Gasteiger partial charge in [-0.15, -0.1) is 0 Å². The second-order valence-corrected chi connectivity index (χ2v) is 5.31. The molecule has 1 rings (SSSR count). The number of hydrogen-bond acceptors (Lipinski definition) is 5. The van der Waals surface area contributed by atoms with E-state index in [0.29, 0.717) is 16.9 Å². The van der Waals surface area contributed by atoms with Crippen LogP contribution in [0.25, 0.3) is 0 Å². The van der Waals surface area contributed by atoms with Gasteiger partial charge in [-0.2, -0.15) is 0 Å². The summed E-state index contributed by atoms with van der Waals surface area (Å²) in [6.45, 7) is 6.87. The van der Waals surface area contributed by atoms with E-state index < -0.39 is 10.3 Å². The van der Waals surface area contributed by atoms with E-state index in [-0.39, 0.29) is 18.2 Å². The van der Waals surface area contributed by atoms with Gasteiger partial charge in [0.05, 0.1) is 10.3 Å². The molecular weight excluding hydrogens is 262 g/mol. The van der Waals surface area contributed by atoms with Gasteiger partial charge in [0.15, 0.2) is 0 Å². The van der Waals surface area contributed by atoms with Gasteiger partial charge in [0.1, 0.15) is 12.4 Å². The first-order valence-electron chi connectivity index (χ1n) is 6.08. The first kappa shape index (κ1) is 15.9. The zero-order valence-corrected chi connectivity index (χ0v) is 12.0. The van der Waals surface area contributed by atoms with Crippen LogP contribution in [-0.4, -0.2) is 17.4 Å². The number of benzene rings is 1. The largest absolute Gasteiger partial charge is 0.492 e. The fourth-order valence-electron chi connectivity index (χ4n) is 1.65. The Morgan fingerprint density at radius 3 is 2.50 bits per heavy atom. The first-order valence-corrected chi connectivity index (χ1v) is 6.08. The molecule has 0 aliphatic rings. The third-order valence-electron chi connectivity index (χ3n) is 3.02. The maximum Gasteiger partial charge on any atom is 0.272 e. The molecule has 0 spiro atoms. The number of ether oxygens (including phenoxy) is 1. The summed E-state index contributed by atoms with van der Waals surface area (Å²) in [5, 5.41) is 10.8. The molecule has 0 fully saturated rings. The van der Waals surface area contributed by atoms with Crippen molar-refractivity contribution in [2.75, 3.05) is 6.61 Å². The highest BCUT2D eigenvalue weighted by atomic mass is 16.6. The van der Waals surface area contributed by atoms with Crippen LogP contribution in [0.15, 0.2) is 12.1 Å². The van der Waals surface area contributed by atoms with Crippen LogP contribution in [0, 0.1) is 29.4 Å². The second-order valence-electron chi connectivity index (χ2n) is 5.31. The lowest BCUT2D eigenvalue weighted by atomic mass is 9.94. The van der Waals surface area contributed by atoms with Crippen molar-refractivity contribution in [1.29, 1.82) is 0 Å². The number of nitro groups is 1. The van der Waals surface area contributed by atoms with E-state index in [1.54, 1.807) is 33.8 Å². The van der Waals surface area contributed by atoms with Gasteiger partial charge in [0, 0.05) is 11.6 Å². The van der Waals surface area contributed by atoms with E-state index >= 15 is 0 Å². The first-order chi connectivity index (χ1) is 9.19. The van der Waals surface area contributed by atoms with Crippen LogP contribution in [0.3, 0.4) is 0 Å². The third kappa shape index (κ3) is 3.45. The van der Waals surface area contributed by atoms with E-state index in [9.17, 15) is 14.9 Å². The Balaban J connectivity index is 2.92. The quantitative estimate of drug-likeness (QED) is 0.369. The highest BCUT2D eigenvalue weighted by molar-refractivity contribution is 5.81. The van der Waals surface area contributed by atoms with Crippen LogP contribution in [0.5, 0.6) is 5.75 Å². The Morgan fingerprint density at radius 1 is 1.40 bits per heavy atom. The number of amides is 1. The number of carbonyl (C=O) groups excluding carboxylic acids is 1. The molecule has 7 nitrogen and oxygen atoms in total. The average molecular weight is 281 g/mol. The molecule has 20 heavy (non-hydrogen) atoms. The number of aryl methyl sites for hydroxylation is 2. The maximum absolute atomic E-state index is 11.5. The van der Waals surface area contributed by atoms with Gasteiger partial charge in [-0.05, 0) is 39.3 Å². The number of nitrogens with two attached hydrogens (primary N) is 1. The van der Waals surface area contributed by atoms with Crippen molar-refractivity contribution >= 4 is 11.6 Å². The molecule has 0 saturated carbocycles. The molecule has 7 heteroatoms. The number of hydrazine groups is 1. The van der Waals surface area contributed by atoms with Crippen molar-refractivity contribution in [1.82, 2.24) is 5.43 Å². The van der Waals surface area contributed by atoms with E-state index in [2.05, 4.69) is 5.43 Å². The van der Waals surface area contributed by atoms with E-state index in [0.717, 1.165) is 0 Å². The molecule has 0 heterocycles.